The fourth-order valence-corrected chi connectivity index (χ4v) is 2.70. The number of rotatable bonds is 2. The van der Waals surface area contributed by atoms with E-state index in [1.165, 1.54) is 0 Å². The summed E-state index contributed by atoms with van der Waals surface area (Å²) in [6, 6.07) is 11.1. The normalized spacial score (nSPS) is 12.9. The average Bonchev–Trinajstić information content (AvgIpc) is 2.83. The lowest BCUT2D eigenvalue weighted by Gasteiger charge is -2.12. The summed E-state index contributed by atoms with van der Waals surface area (Å²) < 4.78 is 0. The van der Waals surface area contributed by atoms with Gasteiger partial charge in [-0.3, -0.25) is 4.79 Å². The average molecular weight is 294 g/mol. The molecule has 0 heterocycles. The summed E-state index contributed by atoms with van der Waals surface area (Å²) >= 11 is 0. The van der Waals surface area contributed by atoms with Gasteiger partial charge < -0.3 is 10.6 Å². The highest BCUT2D eigenvalue weighted by Gasteiger charge is 2.18. The van der Waals surface area contributed by atoms with Gasteiger partial charge in [0.05, 0.1) is 0 Å². The van der Waals surface area contributed by atoms with Crippen LogP contribution in [0.5, 0.6) is 0 Å². The van der Waals surface area contributed by atoms with Gasteiger partial charge in [-0.2, -0.15) is 0 Å². The summed E-state index contributed by atoms with van der Waals surface area (Å²) in [5, 5.41) is 5.68. The van der Waals surface area contributed by atoms with E-state index in [4.69, 9.17) is 0 Å². The van der Waals surface area contributed by atoms with Gasteiger partial charge in [0.2, 0.25) is 0 Å². The molecule has 0 unspecified atom stereocenters. The van der Waals surface area contributed by atoms with Crippen molar-refractivity contribution in [2.75, 3.05) is 10.6 Å². The zero-order valence-electron chi connectivity index (χ0n) is 12.7. The Bertz CT molecular complexity index is 766. The minimum Gasteiger partial charge on any atom is -0.308 e. The van der Waals surface area contributed by atoms with Crippen LogP contribution in [0.2, 0.25) is 0 Å². The molecule has 1 aliphatic carbocycles. The second-order valence-corrected chi connectivity index (χ2v) is 5.70. The minimum absolute atomic E-state index is 0.229. The van der Waals surface area contributed by atoms with Crippen molar-refractivity contribution in [2.45, 2.75) is 26.7 Å². The molecular formula is C18H18N2O2. The molecule has 1 aliphatic rings. The van der Waals surface area contributed by atoms with Crippen molar-refractivity contribution in [3.63, 3.8) is 0 Å². The number of anilines is 2. The SMILES string of the molecule is Cc1cccc(NC(=O)Nc2ccc3c(c2)CC(=O)C3)c1C. The smallest absolute Gasteiger partial charge is 0.308 e. The topological polar surface area (TPSA) is 58.2 Å². The third-order valence-corrected chi connectivity index (χ3v) is 4.09. The van der Waals surface area contributed by atoms with Crippen molar-refractivity contribution in [2.24, 2.45) is 0 Å². The molecule has 0 saturated carbocycles. The number of aryl methyl sites for hydroxylation is 1. The zero-order valence-corrected chi connectivity index (χ0v) is 12.7. The molecule has 4 nitrogen and oxygen atoms in total. The van der Waals surface area contributed by atoms with E-state index in [0.29, 0.717) is 18.5 Å². The second kappa shape index (κ2) is 5.64. The monoisotopic (exact) mass is 294 g/mol. The van der Waals surface area contributed by atoms with Crippen LogP contribution in [0.4, 0.5) is 16.2 Å². The quantitative estimate of drug-likeness (QED) is 0.889. The molecule has 0 radical (unpaired) electrons. The summed E-state index contributed by atoms with van der Waals surface area (Å²) in [7, 11) is 0. The summed E-state index contributed by atoms with van der Waals surface area (Å²) in [5.41, 5.74) is 5.76. The second-order valence-electron chi connectivity index (χ2n) is 5.70. The van der Waals surface area contributed by atoms with E-state index in [9.17, 15) is 9.59 Å². The molecule has 112 valence electrons. The molecule has 2 aromatic carbocycles. The highest BCUT2D eigenvalue weighted by Crippen LogP contribution is 2.23. The Morgan fingerprint density at radius 3 is 2.59 bits per heavy atom. The Kier molecular flexibility index (Phi) is 3.67. The highest BCUT2D eigenvalue weighted by atomic mass is 16.2. The number of Topliss-reactive ketones (excluding diaryl/α,β-unsaturated/α-hetero) is 1. The molecule has 2 N–H and O–H groups in total. The molecule has 0 bridgehead atoms. The first-order valence-corrected chi connectivity index (χ1v) is 7.30. The third kappa shape index (κ3) is 2.86. The van der Waals surface area contributed by atoms with Crippen molar-refractivity contribution < 1.29 is 9.59 Å². The Morgan fingerprint density at radius 2 is 1.77 bits per heavy atom. The number of nitrogens with one attached hydrogen (secondary N) is 2. The van der Waals surface area contributed by atoms with Gasteiger partial charge in [-0.15, -0.1) is 0 Å². The molecule has 0 atom stereocenters. The van der Waals surface area contributed by atoms with Crippen LogP contribution in [0, 0.1) is 13.8 Å². The predicted molar refractivity (Wildman–Crippen MR) is 87.4 cm³/mol. The molecule has 0 spiro atoms. The molecule has 2 amide bonds. The van der Waals surface area contributed by atoms with Gasteiger partial charge in [0, 0.05) is 24.2 Å². The van der Waals surface area contributed by atoms with Crippen LogP contribution < -0.4 is 10.6 Å². The molecular weight excluding hydrogens is 276 g/mol. The highest BCUT2D eigenvalue weighted by molar-refractivity contribution is 6.00. The molecule has 0 fully saturated rings. The molecule has 4 heteroatoms. The first kappa shape index (κ1) is 14.3. The van der Waals surface area contributed by atoms with Gasteiger partial charge in [0.15, 0.2) is 0 Å². The minimum atomic E-state index is -0.280. The molecule has 22 heavy (non-hydrogen) atoms. The lowest BCUT2D eigenvalue weighted by Crippen LogP contribution is -2.20. The Hall–Kier alpha value is -2.62. The van der Waals surface area contributed by atoms with E-state index in [-0.39, 0.29) is 11.8 Å². The number of ketones is 1. The number of carbonyl (C=O) groups is 2. The molecule has 0 aromatic heterocycles. The van der Waals surface area contributed by atoms with Crippen LogP contribution in [0.1, 0.15) is 22.3 Å². The predicted octanol–water partition coefficient (Wildman–Crippen LogP) is 3.62. The van der Waals surface area contributed by atoms with E-state index < -0.39 is 0 Å². The Balaban J connectivity index is 1.71. The molecule has 0 aliphatic heterocycles. The van der Waals surface area contributed by atoms with Gasteiger partial charge >= 0.3 is 6.03 Å². The maximum absolute atomic E-state index is 12.1. The standard InChI is InChI=1S/C18H18N2O2/c1-11-4-3-5-17(12(11)2)20-18(22)19-15-7-6-13-9-16(21)10-14(13)8-15/h3-8H,9-10H2,1-2H3,(H2,19,20,22). The van der Waals surface area contributed by atoms with Crippen LogP contribution in [-0.4, -0.2) is 11.8 Å². The summed E-state index contributed by atoms with van der Waals surface area (Å²) in [6.45, 7) is 3.99. The maximum atomic E-state index is 12.1. The molecule has 2 aromatic rings. The largest absolute Gasteiger partial charge is 0.323 e. The fraction of sp³-hybridized carbons (Fsp3) is 0.222. The third-order valence-electron chi connectivity index (χ3n) is 4.09. The lowest BCUT2D eigenvalue weighted by atomic mass is 10.1. The lowest BCUT2D eigenvalue weighted by molar-refractivity contribution is -0.117. The first-order valence-electron chi connectivity index (χ1n) is 7.30. The van der Waals surface area contributed by atoms with Gasteiger partial charge in [-0.1, -0.05) is 18.2 Å². The fourth-order valence-electron chi connectivity index (χ4n) is 2.70. The van der Waals surface area contributed by atoms with Crippen LogP contribution in [0.25, 0.3) is 0 Å². The van der Waals surface area contributed by atoms with Crippen LogP contribution in [0.15, 0.2) is 36.4 Å². The summed E-state index contributed by atoms with van der Waals surface area (Å²) in [6.07, 6.45) is 0.966. The van der Waals surface area contributed by atoms with Crippen molar-refractivity contribution in [3.05, 3.63) is 58.7 Å². The van der Waals surface area contributed by atoms with Crippen LogP contribution in [0.3, 0.4) is 0 Å². The molecule has 3 rings (SSSR count). The number of carbonyl (C=O) groups excluding carboxylic acids is 2. The molecule has 0 saturated heterocycles. The van der Waals surface area contributed by atoms with Crippen molar-refractivity contribution in [3.8, 4) is 0 Å². The zero-order chi connectivity index (χ0) is 15.7. The number of benzene rings is 2. The number of hydrogen-bond donors (Lipinski definition) is 2. The number of urea groups is 1. The van der Waals surface area contributed by atoms with Gasteiger partial charge in [-0.05, 0) is 54.3 Å². The Labute approximate surface area is 129 Å². The van der Waals surface area contributed by atoms with E-state index in [0.717, 1.165) is 27.9 Å². The van der Waals surface area contributed by atoms with E-state index in [1.807, 2.05) is 50.2 Å². The van der Waals surface area contributed by atoms with E-state index >= 15 is 0 Å². The van der Waals surface area contributed by atoms with E-state index in [2.05, 4.69) is 10.6 Å². The number of fused-ring (bicyclic) bond motifs is 1. The summed E-state index contributed by atoms with van der Waals surface area (Å²) in [4.78, 5) is 23.6. The van der Waals surface area contributed by atoms with Crippen molar-refractivity contribution in [1.82, 2.24) is 0 Å². The van der Waals surface area contributed by atoms with Crippen LogP contribution in [-0.2, 0) is 17.6 Å². The van der Waals surface area contributed by atoms with Crippen molar-refractivity contribution in [1.29, 1.82) is 0 Å². The Morgan fingerprint density at radius 1 is 1.00 bits per heavy atom. The first-order chi connectivity index (χ1) is 10.5. The summed E-state index contributed by atoms with van der Waals surface area (Å²) in [5.74, 6) is 0.229. The van der Waals surface area contributed by atoms with E-state index in [1.54, 1.807) is 0 Å². The van der Waals surface area contributed by atoms with Crippen molar-refractivity contribution >= 4 is 23.2 Å². The van der Waals surface area contributed by atoms with Gasteiger partial charge in [0.25, 0.3) is 0 Å². The number of hydrogen-bond acceptors (Lipinski definition) is 2. The number of amides is 2. The van der Waals surface area contributed by atoms with Gasteiger partial charge in [0.1, 0.15) is 5.78 Å². The van der Waals surface area contributed by atoms with Gasteiger partial charge in [-0.25, -0.2) is 4.79 Å². The van der Waals surface area contributed by atoms with Crippen LogP contribution >= 0.6 is 0 Å². The maximum Gasteiger partial charge on any atom is 0.323 e.